The molecule has 0 aliphatic heterocycles. The van der Waals surface area contributed by atoms with E-state index in [-0.39, 0.29) is 5.75 Å². The predicted molar refractivity (Wildman–Crippen MR) is 87.3 cm³/mol. The predicted octanol–water partition coefficient (Wildman–Crippen LogP) is 1.92. The summed E-state index contributed by atoms with van der Waals surface area (Å²) in [5.41, 5.74) is 0.694. The summed E-state index contributed by atoms with van der Waals surface area (Å²) < 4.78 is 29.2. The van der Waals surface area contributed by atoms with Gasteiger partial charge in [0, 0.05) is 19.8 Å². The minimum Gasteiger partial charge on any atom is -0.381 e. The number of rotatable bonds is 11. The fourth-order valence-electron chi connectivity index (χ4n) is 1.88. The van der Waals surface area contributed by atoms with Crippen LogP contribution in [0, 0.1) is 0 Å². The molecule has 0 aromatic heterocycles. The quantitative estimate of drug-likeness (QED) is 0.630. The molecule has 124 valence electrons. The Hall–Kier alpha value is -1.40. The van der Waals surface area contributed by atoms with Crippen LogP contribution in [0.1, 0.15) is 31.7 Å². The Morgan fingerprint density at radius 1 is 1.14 bits per heavy atom. The highest BCUT2D eigenvalue weighted by molar-refractivity contribution is 7.91. The van der Waals surface area contributed by atoms with Crippen molar-refractivity contribution in [1.29, 1.82) is 0 Å². The van der Waals surface area contributed by atoms with Crippen molar-refractivity contribution in [1.82, 2.24) is 5.32 Å². The molecular formula is C16H25NO4S. The van der Waals surface area contributed by atoms with Gasteiger partial charge in [-0.15, -0.1) is 0 Å². The number of hydrogen-bond acceptors (Lipinski definition) is 4. The van der Waals surface area contributed by atoms with Crippen LogP contribution in [0.3, 0.4) is 0 Å². The molecule has 1 aromatic carbocycles. The Morgan fingerprint density at radius 2 is 1.82 bits per heavy atom. The maximum atomic E-state index is 11.9. The lowest BCUT2D eigenvalue weighted by molar-refractivity contribution is -0.118. The van der Waals surface area contributed by atoms with Crippen LogP contribution in [0.2, 0.25) is 0 Å². The van der Waals surface area contributed by atoms with Gasteiger partial charge in [-0.1, -0.05) is 43.7 Å². The molecule has 0 atom stereocenters. The van der Waals surface area contributed by atoms with E-state index < -0.39 is 21.5 Å². The maximum absolute atomic E-state index is 11.9. The van der Waals surface area contributed by atoms with Crippen LogP contribution in [-0.2, 0) is 25.1 Å². The van der Waals surface area contributed by atoms with Gasteiger partial charge in [-0.2, -0.15) is 0 Å². The average molecular weight is 327 g/mol. The number of amides is 1. The molecule has 6 heteroatoms. The molecule has 22 heavy (non-hydrogen) atoms. The van der Waals surface area contributed by atoms with Gasteiger partial charge >= 0.3 is 0 Å². The number of nitrogens with one attached hydrogen (secondary N) is 1. The van der Waals surface area contributed by atoms with E-state index in [9.17, 15) is 13.2 Å². The molecule has 1 N–H and O–H groups in total. The van der Waals surface area contributed by atoms with Gasteiger partial charge in [0.2, 0.25) is 5.91 Å². The first-order chi connectivity index (χ1) is 10.5. The highest BCUT2D eigenvalue weighted by Gasteiger charge is 2.16. The largest absolute Gasteiger partial charge is 0.381 e. The van der Waals surface area contributed by atoms with Gasteiger partial charge < -0.3 is 10.1 Å². The standard InChI is InChI=1S/C16H25NO4S/c1-2-3-11-21-12-7-10-17-16(18)14-22(19,20)13-15-8-5-4-6-9-15/h4-6,8-9H,2-3,7,10-14H2,1H3,(H,17,18). The number of carbonyl (C=O) groups excluding carboxylic acids is 1. The van der Waals surface area contributed by atoms with Crippen LogP contribution in [0.15, 0.2) is 30.3 Å². The molecule has 0 aliphatic carbocycles. The molecule has 0 saturated heterocycles. The van der Waals surface area contributed by atoms with Gasteiger partial charge in [-0.05, 0) is 18.4 Å². The molecule has 0 fully saturated rings. The van der Waals surface area contributed by atoms with Crippen molar-refractivity contribution in [3.8, 4) is 0 Å². The van der Waals surface area contributed by atoms with Crippen molar-refractivity contribution in [2.45, 2.75) is 31.9 Å². The lowest BCUT2D eigenvalue weighted by atomic mass is 10.2. The first-order valence-corrected chi connectivity index (χ1v) is 9.44. The lowest BCUT2D eigenvalue weighted by Gasteiger charge is -2.07. The van der Waals surface area contributed by atoms with Crippen molar-refractivity contribution in [3.63, 3.8) is 0 Å². The van der Waals surface area contributed by atoms with Crippen molar-refractivity contribution in [2.24, 2.45) is 0 Å². The Labute approximate surface area is 133 Å². The number of carbonyl (C=O) groups is 1. The number of ether oxygens (including phenoxy) is 1. The molecule has 1 rings (SSSR count). The third-order valence-electron chi connectivity index (χ3n) is 3.01. The molecule has 0 heterocycles. The Kier molecular flexibility index (Phi) is 8.77. The number of hydrogen-bond donors (Lipinski definition) is 1. The van der Waals surface area contributed by atoms with E-state index in [4.69, 9.17) is 4.74 Å². The molecule has 1 amide bonds. The second kappa shape index (κ2) is 10.3. The zero-order valence-corrected chi connectivity index (χ0v) is 13.9. The fourth-order valence-corrected chi connectivity index (χ4v) is 3.18. The fraction of sp³-hybridized carbons (Fsp3) is 0.562. The van der Waals surface area contributed by atoms with E-state index in [1.165, 1.54) is 0 Å². The summed E-state index contributed by atoms with van der Waals surface area (Å²) in [6.07, 6.45) is 2.81. The van der Waals surface area contributed by atoms with Gasteiger partial charge in [0.15, 0.2) is 9.84 Å². The van der Waals surface area contributed by atoms with E-state index in [0.717, 1.165) is 19.4 Å². The summed E-state index contributed by atoms with van der Waals surface area (Å²) in [5.74, 6) is -1.04. The zero-order valence-electron chi connectivity index (χ0n) is 13.1. The van der Waals surface area contributed by atoms with Crippen molar-refractivity contribution < 1.29 is 17.9 Å². The highest BCUT2D eigenvalue weighted by atomic mass is 32.2. The number of benzene rings is 1. The topological polar surface area (TPSA) is 72.5 Å². The molecule has 0 bridgehead atoms. The van der Waals surface area contributed by atoms with E-state index in [1.54, 1.807) is 24.3 Å². The average Bonchev–Trinajstić information content (AvgIpc) is 2.46. The molecule has 0 spiro atoms. The van der Waals surface area contributed by atoms with E-state index in [2.05, 4.69) is 12.2 Å². The summed E-state index contributed by atoms with van der Waals surface area (Å²) in [5, 5.41) is 2.62. The van der Waals surface area contributed by atoms with Crippen LogP contribution in [-0.4, -0.2) is 39.8 Å². The van der Waals surface area contributed by atoms with E-state index in [0.29, 0.717) is 25.1 Å². The second-order valence-electron chi connectivity index (χ2n) is 5.19. The smallest absolute Gasteiger partial charge is 0.235 e. The monoisotopic (exact) mass is 327 g/mol. The third-order valence-corrected chi connectivity index (χ3v) is 4.49. The van der Waals surface area contributed by atoms with Crippen LogP contribution in [0.5, 0.6) is 0 Å². The third kappa shape index (κ3) is 8.79. The van der Waals surface area contributed by atoms with Crippen LogP contribution >= 0.6 is 0 Å². The molecule has 0 aliphatic rings. The van der Waals surface area contributed by atoms with Gasteiger partial charge in [-0.25, -0.2) is 8.42 Å². The summed E-state index contributed by atoms with van der Waals surface area (Å²) >= 11 is 0. The van der Waals surface area contributed by atoms with Crippen molar-refractivity contribution in [3.05, 3.63) is 35.9 Å². The summed E-state index contributed by atoms with van der Waals surface area (Å²) in [4.78, 5) is 11.7. The Morgan fingerprint density at radius 3 is 2.50 bits per heavy atom. The normalized spacial score (nSPS) is 11.3. The molecule has 0 unspecified atom stereocenters. The van der Waals surface area contributed by atoms with Crippen molar-refractivity contribution >= 4 is 15.7 Å². The molecule has 0 radical (unpaired) electrons. The van der Waals surface area contributed by atoms with Crippen LogP contribution in [0.4, 0.5) is 0 Å². The maximum Gasteiger partial charge on any atom is 0.235 e. The van der Waals surface area contributed by atoms with Gasteiger partial charge in [0.1, 0.15) is 5.75 Å². The van der Waals surface area contributed by atoms with Gasteiger partial charge in [0.05, 0.1) is 5.75 Å². The van der Waals surface area contributed by atoms with Crippen LogP contribution < -0.4 is 5.32 Å². The number of unbranched alkanes of at least 4 members (excludes halogenated alkanes) is 1. The highest BCUT2D eigenvalue weighted by Crippen LogP contribution is 2.05. The number of sulfone groups is 1. The molecular weight excluding hydrogens is 302 g/mol. The SMILES string of the molecule is CCCCOCCCNC(=O)CS(=O)(=O)Cc1ccccc1. The summed E-state index contributed by atoms with van der Waals surface area (Å²) in [6.45, 7) is 3.85. The summed E-state index contributed by atoms with van der Waals surface area (Å²) in [6, 6.07) is 8.87. The Bertz CT molecular complexity index is 528. The van der Waals surface area contributed by atoms with E-state index in [1.807, 2.05) is 6.07 Å². The first-order valence-electron chi connectivity index (χ1n) is 7.62. The van der Waals surface area contributed by atoms with Crippen LogP contribution in [0.25, 0.3) is 0 Å². The van der Waals surface area contributed by atoms with Gasteiger partial charge in [0.25, 0.3) is 0 Å². The second-order valence-corrected chi connectivity index (χ2v) is 7.25. The lowest BCUT2D eigenvalue weighted by Crippen LogP contribution is -2.32. The first kappa shape index (κ1) is 18.6. The van der Waals surface area contributed by atoms with E-state index >= 15 is 0 Å². The zero-order chi connectivity index (χ0) is 16.3. The minimum atomic E-state index is -3.43. The van der Waals surface area contributed by atoms with Crippen molar-refractivity contribution in [2.75, 3.05) is 25.5 Å². The van der Waals surface area contributed by atoms with Gasteiger partial charge in [-0.3, -0.25) is 4.79 Å². The Balaban J connectivity index is 2.21. The molecule has 5 nitrogen and oxygen atoms in total. The summed E-state index contributed by atoms with van der Waals surface area (Å²) in [7, 11) is -3.43. The molecule has 1 aromatic rings. The minimum absolute atomic E-state index is 0.110. The molecule has 0 saturated carbocycles.